The number of aromatic carboxylic acids is 1. The Hall–Kier alpha value is -5.51. The fourth-order valence-corrected chi connectivity index (χ4v) is 5.46. The van der Waals surface area contributed by atoms with Gasteiger partial charge in [-0.05, 0) is 35.9 Å². The molecular formula is C27H13F4NO10S. The number of carboxylic acids is 1. The van der Waals surface area contributed by atoms with Crippen molar-refractivity contribution < 1.29 is 54.1 Å². The molecule has 0 spiro atoms. The van der Waals surface area contributed by atoms with Crippen LogP contribution >= 0.6 is 0 Å². The number of benzene rings is 4. The monoisotopic (exact) mass is 619 g/mol. The maximum absolute atomic E-state index is 15.9. The number of hydrogen-bond donors (Lipinski definition) is 1. The van der Waals surface area contributed by atoms with Gasteiger partial charge in [-0.2, -0.15) is 17.2 Å². The van der Waals surface area contributed by atoms with Crippen LogP contribution in [0, 0.1) is 33.4 Å². The van der Waals surface area contributed by atoms with Gasteiger partial charge in [0.05, 0.1) is 23.7 Å². The number of nitro benzene ring substituents is 1. The first kappa shape index (κ1) is 29.0. The second kappa shape index (κ2) is 10.4. The summed E-state index contributed by atoms with van der Waals surface area (Å²) in [4.78, 5) is 33.2. The fourth-order valence-electron chi connectivity index (χ4n) is 4.37. The van der Waals surface area contributed by atoms with E-state index in [1.807, 2.05) is 0 Å². The number of fused-ring (bicyclic) bond motifs is 2. The molecule has 1 heterocycles. The summed E-state index contributed by atoms with van der Waals surface area (Å²) in [6, 6.07) is 8.23. The molecule has 0 unspecified atom stereocenters. The lowest BCUT2D eigenvalue weighted by Gasteiger charge is -2.18. The van der Waals surface area contributed by atoms with Crippen molar-refractivity contribution in [1.29, 1.82) is 0 Å². The molecule has 0 aromatic heterocycles. The first-order chi connectivity index (χ1) is 20.3. The lowest BCUT2D eigenvalue weighted by molar-refractivity contribution is -0.388. The number of hydrogen-bond acceptors (Lipinski definition) is 9. The topological polar surface area (TPSA) is 163 Å². The largest absolute Gasteiger partial charge is 0.497 e. The highest BCUT2D eigenvalue weighted by atomic mass is 32.2. The molecule has 16 heteroatoms. The molecule has 0 fully saturated rings. The van der Waals surface area contributed by atoms with E-state index in [1.54, 1.807) is 0 Å². The zero-order valence-electron chi connectivity index (χ0n) is 21.2. The average molecular weight is 619 g/mol. The molecule has 1 aliphatic heterocycles. The van der Waals surface area contributed by atoms with Gasteiger partial charge >= 0.3 is 16.1 Å². The maximum Gasteiger partial charge on any atom is 0.346 e. The Kier molecular flexibility index (Phi) is 7.01. The van der Waals surface area contributed by atoms with E-state index in [0.29, 0.717) is 18.2 Å². The molecule has 0 radical (unpaired) electrons. The number of rotatable bonds is 7. The molecule has 43 heavy (non-hydrogen) atoms. The number of ether oxygens (including phenoxy) is 1. The van der Waals surface area contributed by atoms with Crippen molar-refractivity contribution in [2.75, 3.05) is 7.11 Å². The van der Waals surface area contributed by atoms with Gasteiger partial charge in [0.25, 0.3) is 11.1 Å². The van der Waals surface area contributed by atoms with Gasteiger partial charge in [-0.3, -0.25) is 14.9 Å². The summed E-state index contributed by atoms with van der Waals surface area (Å²) < 4.78 is 101. The summed E-state index contributed by atoms with van der Waals surface area (Å²) in [5.74, 6) is -11.5. The zero-order valence-corrected chi connectivity index (χ0v) is 22.0. The van der Waals surface area contributed by atoms with Gasteiger partial charge in [0.2, 0.25) is 17.4 Å². The van der Waals surface area contributed by atoms with Crippen LogP contribution in [0.2, 0.25) is 0 Å². The molecule has 2 aliphatic rings. The number of halogens is 4. The predicted molar refractivity (Wildman–Crippen MR) is 139 cm³/mol. The van der Waals surface area contributed by atoms with Crippen LogP contribution in [0.3, 0.4) is 0 Å². The fraction of sp³-hybridized carbons (Fsp3) is 0.0370. The molecule has 0 saturated heterocycles. The number of nitrogens with zero attached hydrogens (tertiary/aromatic N) is 1. The molecule has 0 atom stereocenters. The molecule has 3 aromatic rings. The van der Waals surface area contributed by atoms with Gasteiger partial charge in [0.1, 0.15) is 5.75 Å². The average Bonchev–Trinajstić information content (AvgIpc) is 2.97. The molecule has 0 amide bonds. The minimum Gasteiger partial charge on any atom is -0.497 e. The van der Waals surface area contributed by atoms with Crippen molar-refractivity contribution in [3.05, 3.63) is 104 Å². The molecular weight excluding hydrogens is 606 g/mol. The molecule has 11 nitrogen and oxygen atoms in total. The predicted octanol–water partition coefficient (Wildman–Crippen LogP) is 5.50. The van der Waals surface area contributed by atoms with Crippen molar-refractivity contribution in [3.63, 3.8) is 0 Å². The van der Waals surface area contributed by atoms with Crippen LogP contribution in [0.15, 0.2) is 68.7 Å². The summed E-state index contributed by atoms with van der Waals surface area (Å²) in [7, 11) is -4.20. The quantitative estimate of drug-likeness (QED) is 0.0809. The van der Waals surface area contributed by atoms with Crippen LogP contribution in [0.4, 0.5) is 23.2 Å². The van der Waals surface area contributed by atoms with Crippen LogP contribution in [0.1, 0.15) is 10.4 Å². The summed E-state index contributed by atoms with van der Waals surface area (Å²) in [6.07, 6.45) is 0. The zero-order chi connectivity index (χ0) is 31.4. The van der Waals surface area contributed by atoms with Crippen LogP contribution in [-0.4, -0.2) is 31.5 Å². The van der Waals surface area contributed by atoms with E-state index in [4.69, 9.17) is 9.15 Å². The first-order valence-corrected chi connectivity index (χ1v) is 13.0. The van der Waals surface area contributed by atoms with Crippen molar-refractivity contribution in [3.8, 4) is 33.9 Å². The second-order valence-electron chi connectivity index (χ2n) is 8.71. The van der Waals surface area contributed by atoms with E-state index in [2.05, 4.69) is 4.18 Å². The highest BCUT2D eigenvalue weighted by molar-refractivity contribution is 7.87. The van der Waals surface area contributed by atoms with E-state index in [1.165, 1.54) is 12.1 Å². The van der Waals surface area contributed by atoms with Crippen molar-refractivity contribution in [2.24, 2.45) is 0 Å². The van der Waals surface area contributed by atoms with Crippen LogP contribution < -0.4 is 14.3 Å². The third-order valence-corrected chi connectivity index (χ3v) is 7.53. The Balaban J connectivity index is 1.84. The normalized spacial score (nSPS) is 11.6. The number of carbonyl (C=O) groups is 1. The van der Waals surface area contributed by atoms with E-state index < -0.39 is 99.5 Å². The smallest absolute Gasteiger partial charge is 0.346 e. The molecule has 5 rings (SSSR count). The molecule has 0 saturated carbocycles. The third-order valence-electron chi connectivity index (χ3n) is 6.26. The SMILES string of the molecule is COc1ccc(S(=O)(=O)Oc2c(F)cc3c(-c4ccccc4C(=O)O)c4cc(F)c(=O)c(F)c-4oc3c2F)c([N+](=O)[O-])c1. The molecule has 3 aromatic carbocycles. The van der Waals surface area contributed by atoms with E-state index in [-0.39, 0.29) is 11.3 Å². The summed E-state index contributed by atoms with van der Waals surface area (Å²) in [5.41, 5.74) is -5.80. The molecule has 1 aliphatic carbocycles. The Morgan fingerprint density at radius 1 is 0.977 bits per heavy atom. The minimum atomic E-state index is -5.34. The summed E-state index contributed by atoms with van der Waals surface area (Å²) in [5, 5.41) is 20.6. The highest BCUT2D eigenvalue weighted by Crippen LogP contribution is 2.45. The molecule has 0 bridgehead atoms. The second-order valence-corrected chi connectivity index (χ2v) is 10.2. The van der Waals surface area contributed by atoms with Crippen LogP contribution in [-0.2, 0) is 10.1 Å². The first-order valence-electron chi connectivity index (χ1n) is 11.6. The summed E-state index contributed by atoms with van der Waals surface area (Å²) >= 11 is 0. The molecule has 1 N–H and O–H groups in total. The highest BCUT2D eigenvalue weighted by Gasteiger charge is 2.34. The van der Waals surface area contributed by atoms with Crippen LogP contribution in [0.5, 0.6) is 11.5 Å². The van der Waals surface area contributed by atoms with Gasteiger partial charge in [-0.15, -0.1) is 0 Å². The van der Waals surface area contributed by atoms with Gasteiger partial charge in [0.15, 0.2) is 27.9 Å². The van der Waals surface area contributed by atoms with Gasteiger partial charge in [0, 0.05) is 16.5 Å². The Morgan fingerprint density at radius 2 is 1.67 bits per heavy atom. The number of nitro groups is 1. The van der Waals surface area contributed by atoms with Gasteiger partial charge in [-0.25, -0.2) is 13.6 Å². The Bertz CT molecular complexity index is 2150. The van der Waals surface area contributed by atoms with Crippen molar-refractivity contribution in [1.82, 2.24) is 0 Å². The number of carboxylic acid groups (broad SMARTS) is 1. The standard InChI is InChI=1S/C27H13F4NO10S/c1-40-11-6-7-19(18(8-11)32(36)37)43(38,39)42-26-17(29)10-15-20(12-4-2-3-5-13(12)27(34)35)14-9-16(28)23(33)21(30)24(14)41-25(15)22(26)31/h2-10H,1H3,(H,34,35). The Morgan fingerprint density at radius 3 is 2.33 bits per heavy atom. The molecule has 220 valence electrons. The van der Waals surface area contributed by atoms with Crippen molar-refractivity contribution in [2.45, 2.75) is 4.90 Å². The lowest BCUT2D eigenvalue weighted by Crippen LogP contribution is -2.15. The van der Waals surface area contributed by atoms with Crippen molar-refractivity contribution >= 4 is 32.7 Å². The summed E-state index contributed by atoms with van der Waals surface area (Å²) in [6.45, 7) is 0. The number of methoxy groups -OCH3 is 1. The van der Waals surface area contributed by atoms with E-state index >= 15 is 8.78 Å². The minimum absolute atomic E-state index is 0.121. The van der Waals surface area contributed by atoms with Gasteiger partial charge < -0.3 is 18.4 Å². The van der Waals surface area contributed by atoms with Gasteiger partial charge in [-0.1, -0.05) is 18.2 Å². The third kappa shape index (κ3) is 4.76. The lowest BCUT2D eigenvalue weighted by atomic mass is 9.90. The van der Waals surface area contributed by atoms with E-state index in [0.717, 1.165) is 31.4 Å². The van der Waals surface area contributed by atoms with Crippen LogP contribution in [0.25, 0.3) is 33.4 Å². The van der Waals surface area contributed by atoms with E-state index in [9.17, 15) is 42.0 Å². The Labute approximate surface area is 236 Å². The maximum atomic E-state index is 15.9.